The van der Waals surface area contributed by atoms with E-state index in [0.717, 1.165) is 18.8 Å². The number of nitro groups is 1. The fraction of sp³-hybridized carbons (Fsp3) is 0.208. The highest BCUT2D eigenvalue weighted by Gasteiger charge is 2.24. The molecule has 8 nitrogen and oxygen atoms in total. The van der Waals surface area contributed by atoms with Gasteiger partial charge in [-0.2, -0.15) is 0 Å². The first-order chi connectivity index (χ1) is 15.5. The summed E-state index contributed by atoms with van der Waals surface area (Å²) < 4.78 is 5.75. The zero-order chi connectivity index (χ0) is 22.5. The van der Waals surface area contributed by atoms with Gasteiger partial charge >= 0.3 is 0 Å². The Hall–Kier alpha value is -3.91. The lowest BCUT2D eigenvalue weighted by Crippen LogP contribution is -2.44. The molecule has 3 aromatic rings. The molecule has 1 amide bonds. The summed E-state index contributed by atoms with van der Waals surface area (Å²) in [5, 5.41) is 14.5. The van der Waals surface area contributed by atoms with Gasteiger partial charge in [-0.3, -0.25) is 14.9 Å². The van der Waals surface area contributed by atoms with Gasteiger partial charge in [0.05, 0.1) is 4.92 Å². The van der Waals surface area contributed by atoms with E-state index in [1.807, 2.05) is 42.3 Å². The first kappa shape index (κ1) is 21.3. The predicted molar refractivity (Wildman–Crippen MR) is 124 cm³/mol. The summed E-state index contributed by atoms with van der Waals surface area (Å²) in [7, 11) is 2.03. The van der Waals surface area contributed by atoms with Crippen LogP contribution in [0, 0.1) is 10.1 Å². The number of amides is 1. The molecule has 3 aromatic carbocycles. The van der Waals surface area contributed by atoms with Crippen molar-refractivity contribution in [1.82, 2.24) is 4.90 Å². The largest absolute Gasteiger partial charge is 0.457 e. The second kappa shape index (κ2) is 9.49. The number of carbonyl (C=O) groups is 1. The number of carbonyl (C=O) groups excluding carboxylic acids is 1. The van der Waals surface area contributed by atoms with E-state index in [-0.39, 0.29) is 11.3 Å². The summed E-state index contributed by atoms with van der Waals surface area (Å²) in [6.07, 6.45) is 0. The van der Waals surface area contributed by atoms with Gasteiger partial charge in [0.2, 0.25) is 0 Å². The molecule has 1 heterocycles. The lowest BCUT2D eigenvalue weighted by molar-refractivity contribution is -0.384. The van der Waals surface area contributed by atoms with Crippen molar-refractivity contribution in [2.45, 2.75) is 0 Å². The van der Waals surface area contributed by atoms with Crippen molar-refractivity contribution < 1.29 is 14.5 Å². The van der Waals surface area contributed by atoms with Crippen LogP contribution >= 0.6 is 0 Å². The van der Waals surface area contributed by atoms with E-state index < -0.39 is 10.8 Å². The van der Waals surface area contributed by atoms with Gasteiger partial charge in [-0.25, -0.2) is 0 Å². The highest BCUT2D eigenvalue weighted by molar-refractivity contribution is 6.05. The minimum absolute atomic E-state index is 0.0613. The van der Waals surface area contributed by atoms with Crippen LogP contribution in [-0.2, 0) is 0 Å². The van der Waals surface area contributed by atoms with Gasteiger partial charge in [0.1, 0.15) is 17.2 Å². The fourth-order valence-corrected chi connectivity index (χ4v) is 3.56. The number of hydrogen-bond donors (Lipinski definition) is 1. The van der Waals surface area contributed by atoms with Crippen LogP contribution in [0.1, 0.15) is 10.4 Å². The molecule has 0 aliphatic carbocycles. The van der Waals surface area contributed by atoms with E-state index in [0.29, 0.717) is 30.2 Å². The number of nitrogens with one attached hydrogen (secondary N) is 1. The zero-order valence-electron chi connectivity index (χ0n) is 17.7. The Bertz CT molecular complexity index is 1090. The molecular formula is C24H24N4O4. The van der Waals surface area contributed by atoms with Gasteiger partial charge in [-0.05, 0) is 55.6 Å². The highest BCUT2D eigenvalue weighted by atomic mass is 16.6. The van der Waals surface area contributed by atoms with Gasteiger partial charge in [-0.1, -0.05) is 18.2 Å². The average Bonchev–Trinajstić information content (AvgIpc) is 2.81. The van der Waals surface area contributed by atoms with Gasteiger partial charge in [0.25, 0.3) is 11.6 Å². The average molecular weight is 432 g/mol. The monoisotopic (exact) mass is 432 g/mol. The van der Waals surface area contributed by atoms with Crippen molar-refractivity contribution in [1.29, 1.82) is 0 Å². The molecule has 0 saturated carbocycles. The molecule has 0 atom stereocenters. The molecule has 4 rings (SSSR count). The van der Waals surface area contributed by atoms with Gasteiger partial charge in [0.15, 0.2) is 0 Å². The third kappa shape index (κ3) is 5.04. The number of piperazine rings is 1. The van der Waals surface area contributed by atoms with Crippen LogP contribution in [-0.4, -0.2) is 49.0 Å². The van der Waals surface area contributed by atoms with Crippen LogP contribution in [0.15, 0.2) is 72.8 Å². The number of nitro benzene ring substituents is 1. The summed E-state index contributed by atoms with van der Waals surface area (Å²) in [6.45, 7) is 3.09. The zero-order valence-corrected chi connectivity index (χ0v) is 17.7. The minimum atomic E-state index is -0.430. The number of rotatable bonds is 6. The summed E-state index contributed by atoms with van der Waals surface area (Å²) >= 11 is 0. The highest BCUT2D eigenvalue weighted by Crippen LogP contribution is 2.30. The maximum Gasteiger partial charge on any atom is 0.293 e. The molecule has 1 aliphatic heterocycles. The SMILES string of the molecule is CN1CCN(c2ccc(C(=O)Nc3ccc(Oc4ccccc4)cc3)cc2[N+](=O)[O-])CC1. The molecule has 0 radical (unpaired) electrons. The Labute approximate surface area is 186 Å². The van der Waals surface area contributed by atoms with E-state index in [1.165, 1.54) is 6.07 Å². The predicted octanol–water partition coefficient (Wildman–Crippen LogP) is 4.39. The molecule has 8 heteroatoms. The molecule has 0 unspecified atom stereocenters. The van der Waals surface area contributed by atoms with Crippen LogP contribution in [0.5, 0.6) is 11.5 Å². The molecular weight excluding hydrogens is 408 g/mol. The maximum atomic E-state index is 12.7. The first-order valence-corrected chi connectivity index (χ1v) is 10.4. The van der Waals surface area contributed by atoms with Crippen molar-refractivity contribution in [3.63, 3.8) is 0 Å². The Morgan fingerprint density at radius 2 is 1.59 bits per heavy atom. The minimum Gasteiger partial charge on any atom is -0.457 e. The number of ether oxygens (including phenoxy) is 1. The van der Waals surface area contributed by atoms with Crippen molar-refractivity contribution in [2.75, 3.05) is 43.4 Å². The Balaban J connectivity index is 1.46. The molecule has 1 fully saturated rings. The van der Waals surface area contributed by atoms with Crippen LogP contribution in [0.25, 0.3) is 0 Å². The van der Waals surface area contributed by atoms with Crippen molar-refractivity contribution in [2.24, 2.45) is 0 Å². The van der Waals surface area contributed by atoms with Crippen LogP contribution < -0.4 is 15.0 Å². The summed E-state index contributed by atoms with van der Waals surface area (Å²) in [6, 6.07) is 21.0. The van der Waals surface area contributed by atoms with Gasteiger partial charge in [0, 0.05) is 43.5 Å². The third-order valence-corrected chi connectivity index (χ3v) is 5.37. The summed E-state index contributed by atoms with van der Waals surface area (Å²) in [5.74, 6) is 0.952. The lowest BCUT2D eigenvalue weighted by Gasteiger charge is -2.33. The Morgan fingerprint density at radius 1 is 0.938 bits per heavy atom. The van der Waals surface area contributed by atoms with Crippen molar-refractivity contribution in [3.8, 4) is 11.5 Å². The van der Waals surface area contributed by atoms with Crippen molar-refractivity contribution >= 4 is 23.0 Å². The number of nitrogens with zero attached hydrogens (tertiary/aromatic N) is 3. The number of para-hydroxylation sites is 1. The Kier molecular flexibility index (Phi) is 6.32. The van der Waals surface area contributed by atoms with Gasteiger partial charge < -0.3 is 19.9 Å². The van der Waals surface area contributed by atoms with Crippen LogP contribution in [0.2, 0.25) is 0 Å². The third-order valence-electron chi connectivity index (χ3n) is 5.37. The van der Waals surface area contributed by atoms with Crippen LogP contribution in [0.4, 0.5) is 17.1 Å². The van der Waals surface area contributed by atoms with Gasteiger partial charge in [-0.15, -0.1) is 0 Å². The number of anilines is 2. The molecule has 0 bridgehead atoms. The van der Waals surface area contributed by atoms with Crippen LogP contribution in [0.3, 0.4) is 0 Å². The standard InChI is InChI=1S/C24H24N4O4/c1-26-13-15-27(16-14-26)22-12-7-18(17-23(22)28(30)31)24(29)25-19-8-10-21(11-9-19)32-20-5-3-2-4-6-20/h2-12,17H,13-16H2,1H3,(H,25,29). The quantitative estimate of drug-likeness (QED) is 0.459. The second-order valence-electron chi connectivity index (χ2n) is 7.64. The molecule has 1 saturated heterocycles. The Morgan fingerprint density at radius 3 is 2.25 bits per heavy atom. The summed E-state index contributed by atoms with van der Waals surface area (Å²) in [5.41, 5.74) is 1.29. The maximum absolute atomic E-state index is 12.7. The van der Waals surface area contributed by atoms with Crippen molar-refractivity contribution in [3.05, 3.63) is 88.5 Å². The molecule has 32 heavy (non-hydrogen) atoms. The fourth-order valence-electron chi connectivity index (χ4n) is 3.56. The number of likely N-dealkylation sites (N-methyl/N-ethyl adjacent to an activating group) is 1. The van der Waals surface area contributed by atoms with E-state index in [4.69, 9.17) is 4.74 Å². The first-order valence-electron chi connectivity index (χ1n) is 10.4. The lowest BCUT2D eigenvalue weighted by atomic mass is 10.1. The molecule has 0 spiro atoms. The second-order valence-corrected chi connectivity index (χ2v) is 7.64. The molecule has 0 aromatic heterocycles. The molecule has 1 aliphatic rings. The van der Waals surface area contributed by atoms with E-state index in [2.05, 4.69) is 10.2 Å². The molecule has 164 valence electrons. The normalized spacial score (nSPS) is 14.1. The molecule has 1 N–H and O–H groups in total. The number of benzene rings is 3. The summed E-state index contributed by atoms with van der Waals surface area (Å²) in [4.78, 5) is 28.1. The van der Waals surface area contributed by atoms with E-state index >= 15 is 0 Å². The van der Waals surface area contributed by atoms with E-state index in [1.54, 1.807) is 36.4 Å². The topological polar surface area (TPSA) is 88.0 Å². The van der Waals surface area contributed by atoms with E-state index in [9.17, 15) is 14.9 Å². The smallest absolute Gasteiger partial charge is 0.293 e. The number of hydrogen-bond acceptors (Lipinski definition) is 6.